The molecule has 6 nitrogen and oxygen atoms in total. The van der Waals surface area contributed by atoms with Crippen molar-refractivity contribution in [1.82, 2.24) is 20.6 Å². The van der Waals surface area contributed by atoms with Crippen molar-refractivity contribution in [3.63, 3.8) is 0 Å². The van der Waals surface area contributed by atoms with Gasteiger partial charge in [0.25, 0.3) is 0 Å². The van der Waals surface area contributed by atoms with Crippen LogP contribution in [-0.2, 0) is 13.0 Å². The third-order valence-electron chi connectivity index (χ3n) is 3.17. The molecule has 0 aliphatic rings. The normalized spacial score (nSPS) is 10.7. The van der Waals surface area contributed by atoms with Gasteiger partial charge in [-0.15, -0.1) is 24.0 Å². The fraction of sp³-hybridized carbons (Fsp3) is 0.353. The van der Waals surface area contributed by atoms with E-state index in [2.05, 4.69) is 25.6 Å². The number of nitrogens with one attached hydrogen (secondary N) is 2. The van der Waals surface area contributed by atoms with Crippen LogP contribution < -0.4 is 15.4 Å². The van der Waals surface area contributed by atoms with Crippen LogP contribution in [-0.4, -0.2) is 36.1 Å². The highest BCUT2D eigenvalue weighted by Crippen LogP contribution is 2.07. The predicted molar refractivity (Wildman–Crippen MR) is 107 cm³/mol. The van der Waals surface area contributed by atoms with Crippen molar-refractivity contribution in [3.8, 4) is 5.88 Å². The van der Waals surface area contributed by atoms with Crippen molar-refractivity contribution in [3.05, 3.63) is 54.0 Å². The zero-order valence-electron chi connectivity index (χ0n) is 14.0. The maximum absolute atomic E-state index is 5.05. The predicted octanol–water partition coefficient (Wildman–Crippen LogP) is 2.40. The molecule has 0 bridgehead atoms. The first-order chi connectivity index (χ1) is 11.3. The summed E-state index contributed by atoms with van der Waals surface area (Å²) in [5, 5.41) is 6.55. The third kappa shape index (κ3) is 7.12. The first-order valence-corrected chi connectivity index (χ1v) is 7.73. The standard InChI is InChI=1S/C17H23N5O.HI/c1-3-18-17(20-11-9-15-6-4-5-10-19-15)22-13-14-7-8-16(23-2)21-12-14;/h4-8,10,12H,3,9,11,13H2,1-2H3,(H2,18,20,22);1H. The van der Waals surface area contributed by atoms with E-state index < -0.39 is 0 Å². The summed E-state index contributed by atoms with van der Waals surface area (Å²) in [5.74, 6) is 1.40. The van der Waals surface area contributed by atoms with Crippen LogP contribution in [0.5, 0.6) is 5.88 Å². The minimum absolute atomic E-state index is 0. The molecule has 0 radical (unpaired) electrons. The lowest BCUT2D eigenvalue weighted by Crippen LogP contribution is -2.38. The zero-order chi connectivity index (χ0) is 16.3. The van der Waals surface area contributed by atoms with Gasteiger partial charge in [-0.05, 0) is 24.6 Å². The van der Waals surface area contributed by atoms with Gasteiger partial charge in [0, 0.05) is 43.7 Å². The van der Waals surface area contributed by atoms with Gasteiger partial charge in [0.15, 0.2) is 5.96 Å². The quantitative estimate of drug-likeness (QED) is 0.393. The van der Waals surface area contributed by atoms with Crippen LogP contribution in [0.2, 0.25) is 0 Å². The van der Waals surface area contributed by atoms with Crippen LogP contribution in [0.3, 0.4) is 0 Å². The molecule has 0 atom stereocenters. The molecular weight excluding hydrogens is 417 g/mol. The van der Waals surface area contributed by atoms with Crippen LogP contribution in [0.1, 0.15) is 18.2 Å². The summed E-state index contributed by atoms with van der Waals surface area (Å²) in [4.78, 5) is 13.1. The van der Waals surface area contributed by atoms with Crippen molar-refractivity contribution in [2.75, 3.05) is 20.2 Å². The summed E-state index contributed by atoms with van der Waals surface area (Å²) in [7, 11) is 1.61. The number of methoxy groups -OCH3 is 1. The Morgan fingerprint density at radius 2 is 2.04 bits per heavy atom. The van der Waals surface area contributed by atoms with E-state index in [4.69, 9.17) is 4.74 Å². The molecule has 2 aromatic heterocycles. The molecule has 2 N–H and O–H groups in total. The largest absolute Gasteiger partial charge is 0.481 e. The van der Waals surface area contributed by atoms with Gasteiger partial charge in [-0.1, -0.05) is 12.1 Å². The Balaban J connectivity index is 0.00000288. The number of nitrogens with zero attached hydrogens (tertiary/aromatic N) is 3. The molecule has 0 fully saturated rings. The molecule has 130 valence electrons. The average molecular weight is 441 g/mol. The van der Waals surface area contributed by atoms with E-state index in [-0.39, 0.29) is 24.0 Å². The maximum atomic E-state index is 5.05. The second-order valence-electron chi connectivity index (χ2n) is 4.90. The number of hydrogen-bond acceptors (Lipinski definition) is 4. The van der Waals surface area contributed by atoms with Gasteiger partial charge in [0.2, 0.25) is 5.88 Å². The van der Waals surface area contributed by atoms with Gasteiger partial charge in [0.05, 0.1) is 13.7 Å². The Morgan fingerprint density at radius 3 is 2.67 bits per heavy atom. The van der Waals surface area contributed by atoms with E-state index in [1.54, 1.807) is 13.3 Å². The average Bonchev–Trinajstić information content (AvgIpc) is 2.61. The summed E-state index contributed by atoms with van der Waals surface area (Å²) in [5.41, 5.74) is 2.10. The highest BCUT2D eigenvalue weighted by molar-refractivity contribution is 14.0. The molecule has 0 spiro atoms. The fourth-order valence-electron chi connectivity index (χ4n) is 1.99. The highest BCUT2D eigenvalue weighted by atomic mass is 127. The summed E-state index contributed by atoms with van der Waals surface area (Å²) in [6.45, 7) is 4.21. The number of ether oxygens (including phenoxy) is 1. The topological polar surface area (TPSA) is 71.4 Å². The molecule has 0 aliphatic heterocycles. The summed E-state index contributed by atoms with van der Waals surface area (Å²) < 4.78 is 5.05. The molecule has 0 unspecified atom stereocenters. The number of halogens is 1. The number of guanidine groups is 1. The number of hydrogen-bond donors (Lipinski definition) is 2. The van der Waals surface area contributed by atoms with E-state index >= 15 is 0 Å². The number of rotatable bonds is 7. The van der Waals surface area contributed by atoms with E-state index in [9.17, 15) is 0 Å². The van der Waals surface area contributed by atoms with Gasteiger partial charge in [-0.3, -0.25) is 4.98 Å². The second kappa shape index (κ2) is 11.6. The van der Waals surface area contributed by atoms with E-state index in [0.717, 1.165) is 36.7 Å². The number of pyridine rings is 2. The van der Waals surface area contributed by atoms with Gasteiger partial charge in [0.1, 0.15) is 0 Å². The van der Waals surface area contributed by atoms with Gasteiger partial charge >= 0.3 is 0 Å². The van der Waals surface area contributed by atoms with E-state index in [1.165, 1.54) is 0 Å². The van der Waals surface area contributed by atoms with Crippen LogP contribution in [0, 0.1) is 0 Å². The zero-order valence-corrected chi connectivity index (χ0v) is 16.4. The SMILES string of the molecule is CCNC(=NCc1ccc(OC)nc1)NCCc1ccccn1.I. The fourth-order valence-corrected chi connectivity index (χ4v) is 1.99. The lowest BCUT2D eigenvalue weighted by Gasteiger charge is -2.11. The van der Waals surface area contributed by atoms with Crippen LogP contribution in [0.25, 0.3) is 0 Å². The first-order valence-electron chi connectivity index (χ1n) is 7.73. The Bertz CT molecular complexity index is 604. The second-order valence-corrected chi connectivity index (χ2v) is 4.90. The Kier molecular flexibility index (Phi) is 9.74. The molecular formula is C17H24IN5O. The van der Waals surface area contributed by atoms with Crippen molar-refractivity contribution in [2.45, 2.75) is 19.9 Å². The highest BCUT2D eigenvalue weighted by Gasteiger charge is 1.99. The van der Waals surface area contributed by atoms with Gasteiger partial charge in [-0.25, -0.2) is 9.98 Å². The Hall–Kier alpha value is -1.90. The van der Waals surface area contributed by atoms with Gasteiger partial charge < -0.3 is 15.4 Å². The molecule has 0 aromatic carbocycles. The molecule has 0 saturated heterocycles. The maximum Gasteiger partial charge on any atom is 0.212 e. The summed E-state index contributed by atoms with van der Waals surface area (Å²) >= 11 is 0. The summed E-state index contributed by atoms with van der Waals surface area (Å²) in [6.07, 6.45) is 4.44. The Labute approximate surface area is 160 Å². The minimum Gasteiger partial charge on any atom is -0.481 e. The van der Waals surface area contributed by atoms with Crippen molar-refractivity contribution in [2.24, 2.45) is 4.99 Å². The van der Waals surface area contributed by atoms with Crippen molar-refractivity contribution < 1.29 is 4.74 Å². The van der Waals surface area contributed by atoms with E-state index in [1.807, 2.05) is 43.5 Å². The number of aliphatic imine (C=N–C) groups is 1. The minimum atomic E-state index is 0. The lowest BCUT2D eigenvalue weighted by atomic mass is 10.3. The van der Waals surface area contributed by atoms with Crippen LogP contribution in [0.15, 0.2) is 47.7 Å². The molecule has 2 heterocycles. The Morgan fingerprint density at radius 1 is 1.17 bits per heavy atom. The van der Waals surface area contributed by atoms with Crippen molar-refractivity contribution >= 4 is 29.9 Å². The molecule has 24 heavy (non-hydrogen) atoms. The first kappa shape index (κ1) is 20.1. The van der Waals surface area contributed by atoms with Crippen molar-refractivity contribution in [1.29, 1.82) is 0 Å². The lowest BCUT2D eigenvalue weighted by molar-refractivity contribution is 0.397. The molecule has 0 aliphatic carbocycles. The smallest absolute Gasteiger partial charge is 0.212 e. The molecule has 7 heteroatoms. The monoisotopic (exact) mass is 441 g/mol. The van der Waals surface area contributed by atoms with Crippen LogP contribution >= 0.6 is 24.0 Å². The molecule has 2 aromatic rings. The molecule has 0 amide bonds. The van der Waals surface area contributed by atoms with Gasteiger partial charge in [-0.2, -0.15) is 0 Å². The molecule has 0 saturated carbocycles. The third-order valence-corrected chi connectivity index (χ3v) is 3.17. The summed E-state index contributed by atoms with van der Waals surface area (Å²) in [6, 6.07) is 9.75. The van der Waals surface area contributed by atoms with Crippen LogP contribution in [0.4, 0.5) is 0 Å². The van der Waals surface area contributed by atoms with E-state index in [0.29, 0.717) is 12.4 Å². The number of aromatic nitrogens is 2. The molecule has 2 rings (SSSR count).